The molecule has 0 saturated carbocycles. The number of aromatic nitrogens is 2. The highest BCUT2D eigenvalue weighted by molar-refractivity contribution is 5.65. The van der Waals surface area contributed by atoms with Crippen LogP contribution in [0.25, 0.3) is 0 Å². The Balaban J connectivity index is 2.11. The summed E-state index contributed by atoms with van der Waals surface area (Å²) in [5.41, 5.74) is 7.75. The number of ether oxygens (including phenoxy) is 1. The van der Waals surface area contributed by atoms with Gasteiger partial charge in [-0.15, -0.1) is 0 Å². The zero-order valence-electron chi connectivity index (χ0n) is 11.6. The molecule has 1 fully saturated rings. The van der Waals surface area contributed by atoms with Crippen molar-refractivity contribution in [2.24, 2.45) is 0 Å². The van der Waals surface area contributed by atoms with E-state index in [1.165, 1.54) is 0 Å². The fourth-order valence-corrected chi connectivity index (χ4v) is 2.43. The van der Waals surface area contributed by atoms with E-state index in [1.807, 2.05) is 11.6 Å². The third-order valence-electron chi connectivity index (χ3n) is 3.50. The van der Waals surface area contributed by atoms with E-state index in [2.05, 4.69) is 24.3 Å². The maximum atomic E-state index is 6.09. The molecular formula is C13H24N4O. The van der Waals surface area contributed by atoms with E-state index in [-0.39, 0.29) is 12.1 Å². The van der Waals surface area contributed by atoms with E-state index >= 15 is 0 Å². The maximum absolute atomic E-state index is 6.09. The lowest BCUT2D eigenvalue weighted by Crippen LogP contribution is -2.31. The predicted octanol–water partition coefficient (Wildman–Crippen LogP) is 2.16. The standard InChI is InChI=1S/C13H24N4O/c1-4-7-17-13(12(14)10(3)16-17)15-9(2)11-6-5-8-18-11/h9,11,15H,4-8,14H2,1-3H3. The monoisotopic (exact) mass is 252 g/mol. The normalized spacial score (nSPS) is 21.2. The van der Waals surface area contributed by atoms with Crippen molar-refractivity contribution in [2.45, 2.75) is 58.7 Å². The lowest BCUT2D eigenvalue weighted by molar-refractivity contribution is 0.0994. The van der Waals surface area contributed by atoms with Gasteiger partial charge in [-0.1, -0.05) is 6.92 Å². The molecule has 2 atom stereocenters. The minimum atomic E-state index is 0.265. The third kappa shape index (κ3) is 2.61. The van der Waals surface area contributed by atoms with Crippen molar-refractivity contribution in [2.75, 3.05) is 17.7 Å². The third-order valence-corrected chi connectivity index (χ3v) is 3.50. The van der Waals surface area contributed by atoms with Crippen LogP contribution in [-0.4, -0.2) is 28.5 Å². The van der Waals surface area contributed by atoms with Crippen LogP contribution in [0.4, 0.5) is 11.5 Å². The van der Waals surface area contributed by atoms with Gasteiger partial charge in [0, 0.05) is 13.2 Å². The topological polar surface area (TPSA) is 65.1 Å². The summed E-state index contributed by atoms with van der Waals surface area (Å²) in [6.45, 7) is 8.00. The molecule has 2 unspecified atom stereocenters. The molecule has 1 aromatic heterocycles. The fourth-order valence-electron chi connectivity index (χ4n) is 2.43. The molecule has 2 rings (SSSR count). The molecule has 0 aromatic carbocycles. The number of hydrogen-bond acceptors (Lipinski definition) is 4. The van der Waals surface area contributed by atoms with Crippen LogP contribution in [0.2, 0.25) is 0 Å². The van der Waals surface area contributed by atoms with Gasteiger partial charge in [-0.25, -0.2) is 4.68 Å². The second-order valence-electron chi connectivity index (χ2n) is 5.06. The van der Waals surface area contributed by atoms with Crippen LogP contribution in [0.1, 0.15) is 38.8 Å². The predicted molar refractivity (Wildman–Crippen MR) is 73.7 cm³/mol. The van der Waals surface area contributed by atoms with E-state index in [0.717, 1.165) is 49.6 Å². The molecule has 3 N–H and O–H groups in total. The average Bonchev–Trinajstić information content (AvgIpc) is 2.94. The van der Waals surface area contributed by atoms with Gasteiger partial charge >= 0.3 is 0 Å². The molecule has 1 aliphatic rings. The van der Waals surface area contributed by atoms with Crippen molar-refractivity contribution >= 4 is 11.5 Å². The van der Waals surface area contributed by atoms with Crippen LogP contribution >= 0.6 is 0 Å². The molecule has 1 saturated heterocycles. The van der Waals surface area contributed by atoms with Gasteiger partial charge in [0.05, 0.1) is 23.5 Å². The molecule has 5 nitrogen and oxygen atoms in total. The van der Waals surface area contributed by atoms with Crippen molar-refractivity contribution < 1.29 is 4.74 Å². The highest BCUT2D eigenvalue weighted by Gasteiger charge is 2.24. The van der Waals surface area contributed by atoms with E-state index in [1.54, 1.807) is 0 Å². The number of hydrogen-bond donors (Lipinski definition) is 2. The van der Waals surface area contributed by atoms with Gasteiger partial charge in [0.25, 0.3) is 0 Å². The average molecular weight is 252 g/mol. The van der Waals surface area contributed by atoms with E-state index in [9.17, 15) is 0 Å². The van der Waals surface area contributed by atoms with Gasteiger partial charge in [-0.3, -0.25) is 0 Å². The number of rotatable bonds is 5. The maximum Gasteiger partial charge on any atom is 0.148 e. The summed E-state index contributed by atoms with van der Waals surface area (Å²) in [7, 11) is 0. The SMILES string of the molecule is CCCn1nc(C)c(N)c1NC(C)C1CCCO1. The van der Waals surface area contributed by atoms with Gasteiger partial charge in [-0.2, -0.15) is 5.10 Å². The number of nitrogens with zero attached hydrogens (tertiary/aromatic N) is 2. The van der Waals surface area contributed by atoms with E-state index in [0.29, 0.717) is 0 Å². The smallest absolute Gasteiger partial charge is 0.148 e. The number of nitrogen functional groups attached to an aromatic ring is 1. The molecule has 0 radical (unpaired) electrons. The summed E-state index contributed by atoms with van der Waals surface area (Å²) in [5, 5.41) is 7.94. The van der Waals surface area contributed by atoms with Crippen LogP contribution in [0.3, 0.4) is 0 Å². The summed E-state index contributed by atoms with van der Waals surface area (Å²) in [6, 6.07) is 0.265. The Hall–Kier alpha value is -1.23. The van der Waals surface area contributed by atoms with Crippen molar-refractivity contribution in [1.82, 2.24) is 9.78 Å². The minimum Gasteiger partial charge on any atom is -0.394 e. The first-order valence-electron chi connectivity index (χ1n) is 6.84. The molecule has 102 valence electrons. The Bertz CT molecular complexity index is 396. The molecular weight excluding hydrogens is 228 g/mol. The van der Waals surface area contributed by atoms with Crippen LogP contribution in [0.5, 0.6) is 0 Å². The van der Waals surface area contributed by atoms with Gasteiger partial charge in [-0.05, 0) is 33.1 Å². The Morgan fingerprint density at radius 1 is 1.61 bits per heavy atom. The summed E-state index contributed by atoms with van der Waals surface area (Å²) < 4.78 is 7.67. The Labute approximate surface area is 109 Å². The van der Waals surface area contributed by atoms with Gasteiger partial charge in [0.15, 0.2) is 0 Å². The Morgan fingerprint density at radius 2 is 2.39 bits per heavy atom. The van der Waals surface area contributed by atoms with Crippen LogP contribution in [-0.2, 0) is 11.3 Å². The van der Waals surface area contributed by atoms with Gasteiger partial charge in [0.1, 0.15) is 5.82 Å². The largest absolute Gasteiger partial charge is 0.394 e. The van der Waals surface area contributed by atoms with Crippen molar-refractivity contribution in [3.63, 3.8) is 0 Å². The molecule has 2 heterocycles. The zero-order valence-corrected chi connectivity index (χ0v) is 11.6. The van der Waals surface area contributed by atoms with E-state index < -0.39 is 0 Å². The van der Waals surface area contributed by atoms with Gasteiger partial charge < -0.3 is 15.8 Å². The number of aryl methyl sites for hydroxylation is 2. The second kappa shape index (κ2) is 5.61. The first-order valence-corrected chi connectivity index (χ1v) is 6.84. The van der Waals surface area contributed by atoms with Crippen molar-refractivity contribution in [3.8, 4) is 0 Å². The molecule has 0 aliphatic carbocycles. The molecule has 0 bridgehead atoms. The summed E-state index contributed by atoms with van der Waals surface area (Å²) in [4.78, 5) is 0. The second-order valence-corrected chi connectivity index (χ2v) is 5.06. The van der Waals surface area contributed by atoms with Crippen LogP contribution in [0, 0.1) is 6.92 Å². The molecule has 0 amide bonds. The summed E-state index contributed by atoms with van der Waals surface area (Å²) in [5.74, 6) is 0.942. The minimum absolute atomic E-state index is 0.265. The zero-order chi connectivity index (χ0) is 13.1. The number of anilines is 2. The number of nitrogens with one attached hydrogen (secondary N) is 1. The molecule has 1 aromatic rings. The summed E-state index contributed by atoms with van der Waals surface area (Å²) in [6.07, 6.45) is 3.60. The van der Waals surface area contributed by atoms with Crippen LogP contribution < -0.4 is 11.1 Å². The molecule has 18 heavy (non-hydrogen) atoms. The fraction of sp³-hybridized carbons (Fsp3) is 0.769. The van der Waals surface area contributed by atoms with Crippen molar-refractivity contribution in [1.29, 1.82) is 0 Å². The lowest BCUT2D eigenvalue weighted by Gasteiger charge is -2.22. The highest BCUT2D eigenvalue weighted by atomic mass is 16.5. The Morgan fingerprint density at radius 3 is 3.00 bits per heavy atom. The molecule has 5 heteroatoms. The van der Waals surface area contributed by atoms with E-state index in [4.69, 9.17) is 10.5 Å². The lowest BCUT2D eigenvalue weighted by atomic mass is 10.1. The first kappa shape index (κ1) is 13.2. The molecule has 0 spiro atoms. The van der Waals surface area contributed by atoms with Crippen molar-refractivity contribution in [3.05, 3.63) is 5.69 Å². The summed E-state index contributed by atoms with van der Waals surface area (Å²) >= 11 is 0. The first-order chi connectivity index (χ1) is 8.63. The number of nitrogens with two attached hydrogens (primary N) is 1. The Kier molecular flexibility index (Phi) is 4.11. The highest BCUT2D eigenvalue weighted by Crippen LogP contribution is 2.25. The quantitative estimate of drug-likeness (QED) is 0.843. The van der Waals surface area contributed by atoms with Crippen LogP contribution in [0.15, 0.2) is 0 Å². The molecule has 1 aliphatic heterocycles. The van der Waals surface area contributed by atoms with Gasteiger partial charge in [0.2, 0.25) is 0 Å².